The van der Waals surface area contributed by atoms with E-state index in [-0.39, 0.29) is 57.3 Å². The molecule has 0 aromatic rings. The zero-order valence-electron chi connectivity index (χ0n) is 28.1. The van der Waals surface area contributed by atoms with Crippen LogP contribution in [0.25, 0.3) is 0 Å². The van der Waals surface area contributed by atoms with Crippen LogP contribution in [0, 0.1) is 50.7 Å². The smallest absolute Gasteiger partial charge is 0.330 e. The number of hydrogen-bond acceptors (Lipinski definition) is 7. The van der Waals surface area contributed by atoms with Crippen LogP contribution >= 0.6 is 0 Å². The van der Waals surface area contributed by atoms with Gasteiger partial charge < -0.3 is 29.5 Å². The van der Waals surface area contributed by atoms with Crippen LogP contribution in [0.15, 0.2) is 11.6 Å². The number of hydrogen-bond donors (Lipinski definition) is 3. The van der Waals surface area contributed by atoms with E-state index >= 15 is 0 Å². The lowest BCUT2D eigenvalue weighted by Gasteiger charge is -2.68. The summed E-state index contributed by atoms with van der Waals surface area (Å²) in [6, 6.07) is 0. The molecule has 5 saturated carbocycles. The molecule has 1 heterocycles. The van der Waals surface area contributed by atoms with Gasteiger partial charge in [0, 0.05) is 29.9 Å². The molecule has 0 aromatic carbocycles. The summed E-state index contributed by atoms with van der Waals surface area (Å²) >= 11 is 0. The van der Waals surface area contributed by atoms with Crippen LogP contribution in [0.5, 0.6) is 0 Å². The first-order chi connectivity index (χ1) is 19.9. The summed E-state index contributed by atoms with van der Waals surface area (Å²) in [5.74, 6) is 1.04. The van der Waals surface area contributed by atoms with Crippen LogP contribution < -0.4 is 0 Å². The largest absolute Gasteiger partial charge is 0.459 e. The highest BCUT2D eigenvalue weighted by Crippen LogP contribution is 2.91. The number of rotatable bonds is 6. The van der Waals surface area contributed by atoms with E-state index in [0.717, 1.165) is 56.9 Å². The molecule has 244 valence electrons. The number of aliphatic hydroxyl groups excluding tert-OH is 2. The minimum atomic E-state index is -1.24. The first kappa shape index (κ1) is 32.0. The lowest BCUT2D eigenvalue weighted by molar-refractivity contribution is -0.245. The highest BCUT2D eigenvalue weighted by Gasteiger charge is 2.86. The maximum atomic E-state index is 12.7. The SMILES string of the molecule is CO[C@@H]1O[C@@H]([C@H](O)C(C)(C)O)C[C@H]1[C@@H]1CC[C@]23C[C@]12CC[C@@H]1[C@@]2(C)CC[C@H](OC(=O)C=C(C)C)C(C)(C)[C@@H]2C[C@@H](O)[C@]13C. The average Bonchev–Trinajstić information content (AvgIpc) is 3.23. The molecule has 13 atom stereocenters. The van der Waals surface area contributed by atoms with Crippen molar-refractivity contribution in [1.82, 2.24) is 0 Å². The predicted octanol–water partition coefficient (Wildman–Crippen LogP) is 5.78. The molecule has 1 aliphatic heterocycles. The fourth-order valence-electron chi connectivity index (χ4n) is 12.8. The van der Waals surface area contributed by atoms with E-state index in [1.165, 1.54) is 0 Å². The van der Waals surface area contributed by atoms with Gasteiger partial charge in [-0.3, -0.25) is 0 Å². The second kappa shape index (κ2) is 10.0. The van der Waals surface area contributed by atoms with Crippen molar-refractivity contribution in [2.24, 2.45) is 50.7 Å². The molecule has 7 heteroatoms. The van der Waals surface area contributed by atoms with Gasteiger partial charge in [0.1, 0.15) is 12.2 Å². The molecule has 3 N–H and O–H groups in total. The summed E-state index contributed by atoms with van der Waals surface area (Å²) in [7, 11) is 1.70. The quantitative estimate of drug-likeness (QED) is 0.261. The molecule has 6 fully saturated rings. The van der Waals surface area contributed by atoms with Crippen molar-refractivity contribution < 1.29 is 34.3 Å². The molecule has 43 heavy (non-hydrogen) atoms. The van der Waals surface area contributed by atoms with Crippen molar-refractivity contribution in [3.63, 3.8) is 0 Å². The van der Waals surface area contributed by atoms with E-state index in [1.807, 2.05) is 13.8 Å². The van der Waals surface area contributed by atoms with E-state index in [9.17, 15) is 20.1 Å². The maximum absolute atomic E-state index is 12.7. The van der Waals surface area contributed by atoms with Gasteiger partial charge >= 0.3 is 5.97 Å². The Labute approximate surface area is 259 Å². The molecule has 0 bridgehead atoms. The highest BCUT2D eigenvalue weighted by atomic mass is 16.7. The van der Waals surface area contributed by atoms with Crippen LogP contribution in [-0.2, 0) is 19.0 Å². The Kier molecular flexibility index (Phi) is 7.44. The number of esters is 1. The number of methoxy groups -OCH3 is 1. The van der Waals surface area contributed by atoms with Crippen molar-refractivity contribution in [2.45, 2.75) is 149 Å². The van der Waals surface area contributed by atoms with Gasteiger partial charge in [0.25, 0.3) is 0 Å². The van der Waals surface area contributed by atoms with Gasteiger partial charge in [-0.1, -0.05) is 33.3 Å². The zero-order chi connectivity index (χ0) is 31.5. The number of fused-ring (bicyclic) bond motifs is 3. The molecule has 6 aliphatic rings. The minimum absolute atomic E-state index is 0.0753. The van der Waals surface area contributed by atoms with Gasteiger partial charge in [-0.2, -0.15) is 0 Å². The zero-order valence-corrected chi connectivity index (χ0v) is 28.1. The molecule has 5 aliphatic carbocycles. The highest BCUT2D eigenvalue weighted by molar-refractivity contribution is 5.82. The summed E-state index contributed by atoms with van der Waals surface area (Å²) < 4.78 is 18.2. The van der Waals surface area contributed by atoms with Gasteiger partial charge in [-0.25, -0.2) is 4.79 Å². The summed E-state index contributed by atoms with van der Waals surface area (Å²) in [5, 5.41) is 33.7. The molecule has 0 spiro atoms. The Morgan fingerprint density at radius 1 is 1.02 bits per heavy atom. The minimum Gasteiger partial charge on any atom is -0.459 e. The van der Waals surface area contributed by atoms with Crippen LogP contribution in [0.2, 0.25) is 0 Å². The Morgan fingerprint density at radius 3 is 2.35 bits per heavy atom. The maximum Gasteiger partial charge on any atom is 0.330 e. The summed E-state index contributed by atoms with van der Waals surface area (Å²) in [6.45, 7) is 16.6. The number of carbonyl (C=O) groups is 1. The van der Waals surface area contributed by atoms with Crippen LogP contribution in [-0.4, -0.2) is 64.7 Å². The third-order valence-corrected chi connectivity index (χ3v) is 14.7. The molecule has 1 saturated heterocycles. The number of aliphatic hydroxyl groups is 3. The van der Waals surface area contributed by atoms with E-state index in [4.69, 9.17) is 14.2 Å². The van der Waals surface area contributed by atoms with Crippen molar-refractivity contribution in [2.75, 3.05) is 7.11 Å². The standard InChI is InChI=1S/C36H58O7/c1-20(2)16-28(38)43-27-12-13-33(7)24-11-14-35-19-36(35,34(24,8)26(37)18-25(33)31(27,3)4)15-10-22(35)21-17-23(42-30(21)41-9)29(39)32(5,6)40/h16,21-27,29-30,37,39-40H,10-15,17-19H2,1-9H3/t21-,22-,23+,24+,25-,26+,27-,29-,30+,33+,34-,35+,36+/m0/s1. The van der Waals surface area contributed by atoms with E-state index < -0.39 is 23.9 Å². The molecule has 0 radical (unpaired) electrons. The van der Waals surface area contributed by atoms with Gasteiger partial charge in [-0.15, -0.1) is 0 Å². The van der Waals surface area contributed by atoms with Crippen LogP contribution in [0.4, 0.5) is 0 Å². The lowest BCUT2D eigenvalue weighted by atomic mass is 9.37. The number of carbonyl (C=O) groups excluding carboxylic acids is 1. The summed E-state index contributed by atoms with van der Waals surface area (Å²) in [6.07, 6.45) is 8.24. The average molecular weight is 603 g/mol. The summed E-state index contributed by atoms with van der Waals surface area (Å²) in [4.78, 5) is 12.7. The molecule has 0 amide bonds. The fourth-order valence-corrected chi connectivity index (χ4v) is 12.8. The second-order valence-electron chi connectivity index (χ2n) is 17.5. The van der Waals surface area contributed by atoms with Gasteiger partial charge in [0.2, 0.25) is 0 Å². The lowest BCUT2D eigenvalue weighted by Crippen LogP contribution is -2.66. The number of allylic oxidation sites excluding steroid dienone is 1. The Hall–Kier alpha value is -0.990. The predicted molar refractivity (Wildman–Crippen MR) is 164 cm³/mol. The van der Waals surface area contributed by atoms with Crippen molar-refractivity contribution >= 4 is 5.97 Å². The Bertz CT molecular complexity index is 1150. The molecule has 7 nitrogen and oxygen atoms in total. The molecule has 0 aromatic heterocycles. The molecule has 6 rings (SSSR count). The Balaban J connectivity index is 1.26. The van der Waals surface area contributed by atoms with Gasteiger partial charge in [-0.05, 0) is 119 Å². The van der Waals surface area contributed by atoms with Crippen LogP contribution in [0.1, 0.15) is 113 Å². The molecule has 0 unspecified atom stereocenters. The monoisotopic (exact) mass is 602 g/mol. The van der Waals surface area contributed by atoms with Crippen molar-refractivity contribution in [1.29, 1.82) is 0 Å². The Morgan fingerprint density at radius 2 is 1.72 bits per heavy atom. The van der Waals surface area contributed by atoms with Gasteiger partial charge in [0.15, 0.2) is 6.29 Å². The van der Waals surface area contributed by atoms with Crippen molar-refractivity contribution in [3.05, 3.63) is 11.6 Å². The van der Waals surface area contributed by atoms with Crippen molar-refractivity contribution in [3.8, 4) is 0 Å². The van der Waals surface area contributed by atoms with Gasteiger partial charge in [0.05, 0.1) is 17.8 Å². The summed E-state index contributed by atoms with van der Waals surface area (Å²) in [5.41, 5.74) is -0.320. The number of ether oxygens (including phenoxy) is 3. The topological polar surface area (TPSA) is 105 Å². The molecular weight excluding hydrogens is 544 g/mol. The van der Waals surface area contributed by atoms with E-state index in [2.05, 4.69) is 27.7 Å². The third-order valence-electron chi connectivity index (χ3n) is 14.7. The fraction of sp³-hybridized carbons (Fsp3) is 0.917. The normalized spacial score (nSPS) is 50.5. The first-order valence-corrected chi connectivity index (χ1v) is 17.0. The first-order valence-electron chi connectivity index (χ1n) is 17.0. The van der Waals surface area contributed by atoms with E-state index in [1.54, 1.807) is 27.0 Å². The van der Waals surface area contributed by atoms with Crippen LogP contribution in [0.3, 0.4) is 0 Å². The third kappa shape index (κ3) is 4.26. The molecular formula is C36H58O7. The van der Waals surface area contributed by atoms with E-state index in [0.29, 0.717) is 18.3 Å². The second-order valence-corrected chi connectivity index (χ2v) is 17.5.